The molecule has 3 aromatic rings. The molecule has 1 aromatic carbocycles. The molecule has 5 rings (SSSR count). The standard InChI is InChI=1S/C25H31N5O2/c31-25(29-12-14-32-15-13-29)24-22(30-10-5-4-8-23(30)27-24)17-26-16-21-9-11-28(19-21)18-20-6-2-1-3-7-20/h1-8,10,21,26H,9,11-19H2. The van der Waals surface area contributed by atoms with Crippen LogP contribution in [0.4, 0.5) is 0 Å². The molecule has 0 aliphatic carbocycles. The summed E-state index contributed by atoms with van der Waals surface area (Å²) in [6, 6.07) is 16.6. The van der Waals surface area contributed by atoms with Gasteiger partial charge >= 0.3 is 0 Å². The van der Waals surface area contributed by atoms with Crippen LogP contribution in [0.3, 0.4) is 0 Å². The zero-order chi connectivity index (χ0) is 21.8. The number of benzene rings is 1. The number of hydrogen-bond acceptors (Lipinski definition) is 5. The summed E-state index contributed by atoms with van der Waals surface area (Å²) >= 11 is 0. The molecule has 7 nitrogen and oxygen atoms in total. The van der Waals surface area contributed by atoms with Crippen LogP contribution in [-0.4, -0.2) is 71.0 Å². The molecule has 1 unspecified atom stereocenters. The minimum atomic E-state index is 0.00343. The third kappa shape index (κ3) is 4.70. The molecule has 2 aromatic heterocycles. The van der Waals surface area contributed by atoms with Crippen LogP contribution in [0, 0.1) is 5.92 Å². The minimum Gasteiger partial charge on any atom is -0.378 e. The quantitative estimate of drug-likeness (QED) is 0.620. The molecule has 7 heteroatoms. The largest absolute Gasteiger partial charge is 0.378 e. The molecule has 1 amide bonds. The number of fused-ring (bicyclic) bond motifs is 1. The number of rotatable bonds is 7. The van der Waals surface area contributed by atoms with E-state index in [1.165, 1.54) is 12.0 Å². The lowest BCUT2D eigenvalue weighted by Crippen LogP contribution is -2.41. The highest BCUT2D eigenvalue weighted by Crippen LogP contribution is 2.19. The molecule has 32 heavy (non-hydrogen) atoms. The number of imidazole rings is 1. The van der Waals surface area contributed by atoms with Gasteiger partial charge in [0.2, 0.25) is 0 Å². The molecule has 0 radical (unpaired) electrons. The maximum atomic E-state index is 13.2. The summed E-state index contributed by atoms with van der Waals surface area (Å²) < 4.78 is 7.45. The molecule has 4 heterocycles. The Balaban J connectivity index is 1.22. The van der Waals surface area contributed by atoms with E-state index in [-0.39, 0.29) is 5.91 Å². The van der Waals surface area contributed by atoms with Crippen LogP contribution < -0.4 is 5.32 Å². The fraction of sp³-hybridized carbons (Fsp3) is 0.440. The fourth-order valence-electron chi connectivity index (χ4n) is 4.76. The molecule has 0 saturated carbocycles. The Bertz CT molecular complexity index is 1040. The lowest BCUT2D eigenvalue weighted by atomic mass is 10.1. The number of likely N-dealkylation sites (tertiary alicyclic amines) is 1. The number of hydrogen-bond donors (Lipinski definition) is 1. The van der Waals surface area contributed by atoms with E-state index in [4.69, 9.17) is 4.74 Å². The predicted octanol–water partition coefficient (Wildman–Crippen LogP) is 2.42. The monoisotopic (exact) mass is 433 g/mol. The third-order valence-corrected chi connectivity index (χ3v) is 6.47. The van der Waals surface area contributed by atoms with Gasteiger partial charge < -0.3 is 19.4 Å². The highest BCUT2D eigenvalue weighted by atomic mass is 16.5. The second-order valence-corrected chi connectivity index (χ2v) is 8.75. The highest BCUT2D eigenvalue weighted by molar-refractivity contribution is 5.94. The van der Waals surface area contributed by atoms with Crippen LogP contribution in [0.25, 0.3) is 5.65 Å². The number of ether oxygens (including phenoxy) is 1. The molecule has 1 N–H and O–H groups in total. The second kappa shape index (κ2) is 9.81. The summed E-state index contributed by atoms with van der Waals surface area (Å²) in [5.41, 5.74) is 3.69. The van der Waals surface area contributed by atoms with E-state index in [0.717, 1.165) is 37.5 Å². The average Bonchev–Trinajstić information content (AvgIpc) is 3.44. The first-order chi connectivity index (χ1) is 15.8. The van der Waals surface area contributed by atoms with E-state index < -0.39 is 0 Å². The van der Waals surface area contributed by atoms with Crippen molar-refractivity contribution >= 4 is 11.6 Å². The van der Waals surface area contributed by atoms with Crippen molar-refractivity contribution in [2.45, 2.75) is 19.5 Å². The first-order valence-electron chi connectivity index (χ1n) is 11.6. The van der Waals surface area contributed by atoms with Crippen molar-refractivity contribution in [1.82, 2.24) is 24.5 Å². The summed E-state index contributed by atoms with van der Waals surface area (Å²) in [4.78, 5) is 22.3. The molecule has 1 atom stereocenters. The molecular weight excluding hydrogens is 402 g/mol. The lowest BCUT2D eigenvalue weighted by Gasteiger charge is -2.26. The maximum Gasteiger partial charge on any atom is 0.274 e. The van der Waals surface area contributed by atoms with Gasteiger partial charge in [-0.15, -0.1) is 0 Å². The molecule has 0 spiro atoms. The van der Waals surface area contributed by atoms with E-state index in [1.54, 1.807) is 0 Å². The minimum absolute atomic E-state index is 0.00343. The van der Waals surface area contributed by atoms with Gasteiger partial charge in [-0.2, -0.15) is 0 Å². The molecule has 2 aliphatic rings. The molecule has 0 bridgehead atoms. The number of aromatic nitrogens is 2. The number of nitrogens with one attached hydrogen (secondary N) is 1. The van der Waals surface area contributed by atoms with Crippen LogP contribution in [0.5, 0.6) is 0 Å². The highest BCUT2D eigenvalue weighted by Gasteiger charge is 2.26. The van der Waals surface area contributed by atoms with Gasteiger partial charge in [0.05, 0.1) is 18.9 Å². The van der Waals surface area contributed by atoms with Gasteiger partial charge in [-0.25, -0.2) is 4.98 Å². The molecule has 2 fully saturated rings. The topological polar surface area (TPSA) is 62.1 Å². The van der Waals surface area contributed by atoms with Gasteiger partial charge in [-0.05, 0) is 43.1 Å². The Morgan fingerprint density at radius 1 is 1.06 bits per heavy atom. The summed E-state index contributed by atoms with van der Waals surface area (Å²) in [5, 5.41) is 3.62. The van der Waals surface area contributed by atoms with E-state index in [2.05, 4.69) is 45.5 Å². The third-order valence-electron chi connectivity index (χ3n) is 6.47. The zero-order valence-electron chi connectivity index (χ0n) is 18.4. The van der Waals surface area contributed by atoms with Gasteiger partial charge in [-0.3, -0.25) is 9.69 Å². The number of carbonyl (C=O) groups excluding carboxylic acids is 1. The van der Waals surface area contributed by atoms with E-state index >= 15 is 0 Å². The van der Waals surface area contributed by atoms with Gasteiger partial charge in [0.25, 0.3) is 5.91 Å². The average molecular weight is 434 g/mol. The summed E-state index contributed by atoms with van der Waals surface area (Å²) in [6.45, 7) is 7.26. The first-order valence-corrected chi connectivity index (χ1v) is 11.6. The van der Waals surface area contributed by atoms with Crippen molar-refractivity contribution in [2.24, 2.45) is 5.92 Å². The Labute approximate surface area is 189 Å². The number of carbonyl (C=O) groups is 1. The van der Waals surface area contributed by atoms with Crippen molar-refractivity contribution in [3.8, 4) is 0 Å². The van der Waals surface area contributed by atoms with Crippen LogP contribution in [0.2, 0.25) is 0 Å². The van der Waals surface area contributed by atoms with Crippen molar-refractivity contribution in [2.75, 3.05) is 45.9 Å². The summed E-state index contributed by atoms with van der Waals surface area (Å²) in [7, 11) is 0. The number of pyridine rings is 1. The zero-order valence-corrected chi connectivity index (χ0v) is 18.4. The fourth-order valence-corrected chi connectivity index (χ4v) is 4.76. The molecule has 168 valence electrons. The molecule has 2 saturated heterocycles. The number of morpholine rings is 1. The summed E-state index contributed by atoms with van der Waals surface area (Å²) in [6.07, 6.45) is 3.19. The van der Waals surface area contributed by atoms with E-state index in [1.807, 2.05) is 33.7 Å². The normalized spacial score (nSPS) is 19.6. The van der Waals surface area contributed by atoms with Gasteiger partial charge in [0.15, 0.2) is 5.69 Å². The SMILES string of the molecule is O=C(c1nc2ccccn2c1CNCC1CCN(Cc2ccccc2)C1)N1CCOCC1. The second-order valence-electron chi connectivity index (χ2n) is 8.75. The van der Waals surface area contributed by atoms with Crippen LogP contribution >= 0.6 is 0 Å². The molecule has 2 aliphatic heterocycles. The van der Waals surface area contributed by atoms with Gasteiger partial charge in [0.1, 0.15) is 5.65 Å². The summed E-state index contributed by atoms with van der Waals surface area (Å²) in [5.74, 6) is 0.625. The Morgan fingerprint density at radius 3 is 2.72 bits per heavy atom. The van der Waals surface area contributed by atoms with E-state index in [0.29, 0.717) is 44.5 Å². The smallest absolute Gasteiger partial charge is 0.274 e. The van der Waals surface area contributed by atoms with E-state index in [9.17, 15) is 4.79 Å². The number of amides is 1. The Hall–Kier alpha value is -2.74. The van der Waals surface area contributed by atoms with Crippen LogP contribution in [0.15, 0.2) is 54.7 Å². The first kappa shape index (κ1) is 21.1. The Morgan fingerprint density at radius 2 is 1.88 bits per heavy atom. The molecular formula is C25H31N5O2. The predicted molar refractivity (Wildman–Crippen MR) is 123 cm³/mol. The van der Waals surface area contributed by atoms with Crippen molar-refractivity contribution in [3.63, 3.8) is 0 Å². The van der Waals surface area contributed by atoms with Gasteiger partial charge in [-0.1, -0.05) is 36.4 Å². The van der Waals surface area contributed by atoms with Crippen molar-refractivity contribution < 1.29 is 9.53 Å². The van der Waals surface area contributed by atoms with Crippen molar-refractivity contribution in [1.29, 1.82) is 0 Å². The van der Waals surface area contributed by atoms with Crippen LogP contribution in [0.1, 0.15) is 28.2 Å². The van der Waals surface area contributed by atoms with Crippen molar-refractivity contribution in [3.05, 3.63) is 71.7 Å². The maximum absolute atomic E-state index is 13.2. The number of nitrogens with zero attached hydrogens (tertiary/aromatic N) is 4. The van der Waals surface area contributed by atoms with Crippen LogP contribution in [-0.2, 0) is 17.8 Å². The van der Waals surface area contributed by atoms with Gasteiger partial charge in [0, 0.05) is 38.9 Å². The lowest BCUT2D eigenvalue weighted by molar-refractivity contribution is 0.0298. The Kier molecular flexibility index (Phi) is 6.48.